The van der Waals surface area contributed by atoms with Crippen LogP contribution in [0.5, 0.6) is 0 Å². The van der Waals surface area contributed by atoms with Gasteiger partial charge in [0.1, 0.15) is 5.41 Å². The molecule has 1 saturated carbocycles. The molecule has 1 aliphatic carbocycles. The highest BCUT2D eigenvalue weighted by Gasteiger charge is 2.49. The first kappa shape index (κ1) is 28.5. The summed E-state index contributed by atoms with van der Waals surface area (Å²) in [6.07, 6.45) is 18.0. The predicted octanol–water partition coefficient (Wildman–Crippen LogP) is 5.17. The van der Waals surface area contributed by atoms with E-state index in [2.05, 4.69) is 4.74 Å². The molecular formula is C27H44O7. The zero-order valence-electron chi connectivity index (χ0n) is 20.8. The number of hydrogen-bond donors (Lipinski definition) is 2. The van der Waals surface area contributed by atoms with E-state index < -0.39 is 17.5 Å². The highest BCUT2D eigenvalue weighted by molar-refractivity contribution is 5.78. The maximum atomic E-state index is 12.5. The molecule has 1 heterocycles. The number of carboxylic acids is 1. The second-order valence-electron chi connectivity index (χ2n) is 9.49. The van der Waals surface area contributed by atoms with Gasteiger partial charge < -0.3 is 24.4 Å². The predicted molar refractivity (Wildman–Crippen MR) is 130 cm³/mol. The van der Waals surface area contributed by atoms with E-state index in [0.717, 1.165) is 83.8 Å². The van der Waals surface area contributed by atoms with Crippen LogP contribution in [0.3, 0.4) is 0 Å². The van der Waals surface area contributed by atoms with Crippen LogP contribution >= 0.6 is 0 Å². The third-order valence-electron chi connectivity index (χ3n) is 7.09. The van der Waals surface area contributed by atoms with Gasteiger partial charge in [0.25, 0.3) is 0 Å². The number of carbonyl (C=O) groups excluding carboxylic acids is 1. The molecule has 7 heteroatoms. The minimum Gasteiger partial charge on any atom is -0.481 e. The molecule has 0 spiro atoms. The minimum atomic E-state index is -1.29. The molecule has 2 rings (SSSR count). The van der Waals surface area contributed by atoms with Crippen molar-refractivity contribution in [1.82, 2.24) is 0 Å². The van der Waals surface area contributed by atoms with Crippen molar-refractivity contribution in [3.63, 3.8) is 0 Å². The van der Waals surface area contributed by atoms with Gasteiger partial charge in [-0.1, -0.05) is 50.0 Å². The Bertz CT molecular complexity index is 647. The first-order valence-electron chi connectivity index (χ1n) is 13.0. The Labute approximate surface area is 204 Å². The normalized spacial score (nSPS) is 22.2. The Hall–Kier alpha value is -1.70. The molecule has 0 radical (unpaired) electrons. The Morgan fingerprint density at radius 2 is 1.76 bits per heavy atom. The topological polar surface area (TPSA) is 102 Å². The van der Waals surface area contributed by atoms with Crippen molar-refractivity contribution in [2.45, 2.75) is 102 Å². The molecule has 34 heavy (non-hydrogen) atoms. The van der Waals surface area contributed by atoms with E-state index >= 15 is 0 Å². The second kappa shape index (κ2) is 16.1. The number of unbranched alkanes of at least 4 members (excludes halogenated alkanes) is 4. The van der Waals surface area contributed by atoms with E-state index in [9.17, 15) is 19.8 Å². The fourth-order valence-corrected chi connectivity index (χ4v) is 5.05. The first-order valence-corrected chi connectivity index (χ1v) is 13.0. The van der Waals surface area contributed by atoms with Crippen molar-refractivity contribution in [2.75, 3.05) is 20.3 Å². The number of aliphatic carboxylic acids is 1. The lowest BCUT2D eigenvalue weighted by Crippen LogP contribution is -2.46. The fraction of sp³-hybridized carbons (Fsp3) is 0.778. The van der Waals surface area contributed by atoms with Crippen LogP contribution in [0.1, 0.15) is 89.9 Å². The molecule has 0 amide bonds. The summed E-state index contributed by atoms with van der Waals surface area (Å²) in [6, 6.07) is 0. The average molecular weight is 481 g/mol. The number of carboxylic acid groups (broad SMARTS) is 1. The number of allylic oxidation sites excluding steroid dienone is 1. The maximum absolute atomic E-state index is 12.5. The van der Waals surface area contributed by atoms with Crippen molar-refractivity contribution in [3.8, 4) is 0 Å². The average Bonchev–Trinajstić information content (AvgIpc) is 3.38. The molecule has 2 aliphatic rings. The van der Waals surface area contributed by atoms with E-state index in [1.54, 1.807) is 18.2 Å². The van der Waals surface area contributed by atoms with Gasteiger partial charge in [-0.25, -0.2) is 0 Å². The highest BCUT2D eigenvalue weighted by atomic mass is 16.7. The maximum Gasteiger partial charge on any atom is 0.316 e. The lowest BCUT2D eigenvalue weighted by Gasteiger charge is -2.36. The molecule has 2 fully saturated rings. The molecule has 7 nitrogen and oxygen atoms in total. The van der Waals surface area contributed by atoms with Crippen LogP contribution < -0.4 is 0 Å². The largest absolute Gasteiger partial charge is 0.481 e. The van der Waals surface area contributed by atoms with Crippen molar-refractivity contribution >= 4 is 11.9 Å². The van der Waals surface area contributed by atoms with Gasteiger partial charge in [-0.15, -0.1) is 0 Å². The third-order valence-corrected chi connectivity index (χ3v) is 7.09. The standard InChI is InChI=1S/C27H44O7/c1-32-24(29)17-9-8-16-23(28)27(26(30)31,22-14-6-7-15-22)19-11-4-2-3-5-12-20-33-25-18-10-13-21-34-25/h8-9,11,19,22-23,25,28H,2-7,10,12-18,20-21H2,1H3,(H,30,31)/b9-8+,19-11-/t23-,25?,27-/m1/s1. The number of aliphatic hydroxyl groups is 1. The number of esters is 1. The summed E-state index contributed by atoms with van der Waals surface area (Å²) in [5.41, 5.74) is -1.29. The Morgan fingerprint density at radius 3 is 2.44 bits per heavy atom. The molecule has 194 valence electrons. The van der Waals surface area contributed by atoms with Gasteiger partial charge in [0.15, 0.2) is 6.29 Å². The van der Waals surface area contributed by atoms with E-state index in [1.807, 2.05) is 6.08 Å². The van der Waals surface area contributed by atoms with Gasteiger partial charge in [0.05, 0.1) is 19.6 Å². The van der Waals surface area contributed by atoms with Gasteiger partial charge >= 0.3 is 11.9 Å². The molecule has 0 aromatic carbocycles. The molecule has 1 saturated heterocycles. The molecule has 0 aromatic rings. The third kappa shape index (κ3) is 9.16. The van der Waals surface area contributed by atoms with Crippen LogP contribution in [0.15, 0.2) is 24.3 Å². The summed E-state index contributed by atoms with van der Waals surface area (Å²) in [4.78, 5) is 23.7. The summed E-state index contributed by atoms with van der Waals surface area (Å²) < 4.78 is 15.9. The zero-order valence-corrected chi connectivity index (χ0v) is 20.8. The molecule has 1 unspecified atom stereocenters. The summed E-state index contributed by atoms with van der Waals surface area (Å²) >= 11 is 0. The van der Waals surface area contributed by atoms with E-state index in [0.29, 0.717) is 0 Å². The Morgan fingerprint density at radius 1 is 1.03 bits per heavy atom. The molecule has 0 bridgehead atoms. The number of methoxy groups -OCH3 is 1. The van der Waals surface area contributed by atoms with Gasteiger partial charge in [-0.05, 0) is 63.7 Å². The van der Waals surface area contributed by atoms with Crippen LogP contribution in [0, 0.1) is 11.3 Å². The summed E-state index contributed by atoms with van der Waals surface area (Å²) in [6.45, 7) is 1.52. The van der Waals surface area contributed by atoms with Crippen LogP contribution in [0.2, 0.25) is 0 Å². The smallest absolute Gasteiger partial charge is 0.316 e. The summed E-state index contributed by atoms with van der Waals surface area (Å²) in [7, 11) is 1.33. The van der Waals surface area contributed by atoms with Crippen molar-refractivity contribution in [3.05, 3.63) is 24.3 Å². The van der Waals surface area contributed by atoms with Crippen LogP contribution in [-0.4, -0.2) is 54.9 Å². The van der Waals surface area contributed by atoms with Gasteiger partial charge in [-0.3, -0.25) is 9.59 Å². The monoisotopic (exact) mass is 480 g/mol. The van der Waals surface area contributed by atoms with E-state index in [4.69, 9.17) is 9.47 Å². The lowest BCUT2D eigenvalue weighted by atomic mass is 9.68. The summed E-state index contributed by atoms with van der Waals surface area (Å²) in [5.74, 6) is -1.41. The number of carbonyl (C=O) groups is 2. The quantitative estimate of drug-likeness (QED) is 0.178. The zero-order chi connectivity index (χ0) is 24.7. The first-order chi connectivity index (χ1) is 16.5. The van der Waals surface area contributed by atoms with Gasteiger partial charge in [-0.2, -0.15) is 0 Å². The van der Waals surface area contributed by atoms with Crippen LogP contribution in [-0.2, 0) is 23.8 Å². The van der Waals surface area contributed by atoms with E-state index in [1.165, 1.54) is 13.5 Å². The van der Waals surface area contributed by atoms with Crippen molar-refractivity contribution < 1.29 is 34.0 Å². The Balaban J connectivity index is 1.81. The summed E-state index contributed by atoms with van der Waals surface area (Å²) in [5, 5.41) is 21.2. The van der Waals surface area contributed by atoms with E-state index in [-0.39, 0.29) is 31.0 Å². The van der Waals surface area contributed by atoms with Crippen molar-refractivity contribution in [2.24, 2.45) is 11.3 Å². The fourth-order valence-electron chi connectivity index (χ4n) is 5.05. The SMILES string of the molecule is COC(=O)C/C=C/C[C@@H](O)[C@](/C=C\CCCCCCOC1CCCCO1)(C(=O)O)C1CCCC1. The number of rotatable bonds is 16. The van der Waals surface area contributed by atoms with Gasteiger partial charge in [0, 0.05) is 13.2 Å². The molecule has 0 aromatic heterocycles. The lowest BCUT2D eigenvalue weighted by molar-refractivity contribution is -0.162. The number of aliphatic hydroxyl groups excluding tert-OH is 1. The minimum absolute atomic E-state index is 0.0295. The number of hydrogen-bond acceptors (Lipinski definition) is 6. The molecule has 1 aliphatic heterocycles. The molecule has 2 N–H and O–H groups in total. The van der Waals surface area contributed by atoms with Crippen LogP contribution in [0.4, 0.5) is 0 Å². The van der Waals surface area contributed by atoms with Crippen molar-refractivity contribution in [1.29, 1.82) is 0 Å². The Kier molecular flexibility index (Phi) is 13.5. The van der Waals surface area contributed by atoms with Crippen LogP contribution in [0.25, 0.3) is 0 Å². The molecular weight excluding hydrogens is 436 g/mol. The second-order valence-corrected chi connectivity index (χ2v) is 9.49. The molecule has 3 atom stereocenters. The highest BCUT2D eigenvalue weighted by Crippen LogP contribution is 2.45. The number of ether oxygens (including phenoxy) is 3. The van der Waals surface area contributed by atoms with Gasteiger partial charge in [0.2, 0.25) is 0 Å².